The van der Waals surface area contributed by atoms with Gasteiger partial charge >= 0.3 is 0 Å². The first-order valence-corrected chi connectivity index (χ1v) is 8.44. The molecule has 0 amide bonds. The standard InChI is InChI=1S/C15H18N6O2S.HI/c16-14(18-11-12-2-1-3-13(10-12)21(22)23)19-5-7-20(8-6-19)15-17-4-9-24-15;/h1-4,9-10H,5-8,11H2,(H2,16,18);1H. The SMILES string of the molecule is I.NC(=NCc1cccc([N+](=O)[O-])c1)N1CCN(c2nccs2)CC1. The highest BCUT2D eigenvalue weighted by Crippen LogP contribution is 2.19. The van der Waals surface area contributed by atoms with Crippen LogP contribution in [0.4, 0.5) is 10.8 Å². The van der Waals surface area contributed by atoms with Crippen LogP contribution in [0.3, 0.4) is 0 Å². The molecule has 2 heterocycles. The number of hydrogen-bond acceptors (Lipinski definition) is 6. The van der Waals surface area contributed by atoms with Crippen molar-refractivity contribution in [3.05, 3.63) is 51.5 Å². The van der Waals surface area contributed by atoms with Gasteiger partial charge in [0.2, 0.25) is 0 Å². The number of nitrogens with two attached hydrogens (primary N) is 1. The molecule has 1 aromatic carbocycles. The second-order valence-electron chi connectivity index (χ2n) is 5.39. The first-order valence-electron chi connectivity index (χ1n) is 7.56. The number of benzene rings is 1. The van der Waals surface area contributed by atoms with Gasteiger partial charge in [-0.1, -0.05) is 12.1 Å². The lowest BCUT2D eigenvalue weighted by Gasteiger charge is -2.35. The van der Waals surface area contributed by atoms with E-state index in [0.717, 1.165) is 36.9 Å². The maximum absolute atomic E-state index is 10.8. The molecule has 0 unspecified atom stereocenters. The van der Waals surface area contributed by atoms with Crippen molar-refractivity contribution in [3.63, 3.8) is 0 Å². The number of nitro groups is 1. The highest BCUT2D eigenvalue weighted by atomic mass is 127. The Labute approximate surface area is 166 Å². The van der Waals surface area contributed by atoms with Crippen LogP contribution in [0.5, 0.6) is 0 Å². The van der Waals surface area contributed by atoms with E-state index in [1.807, 2.05) is 16.3 Å². The van der Waals surface area contributed by atoms with E-state index in [1.165, 1.54) is 12.1 Å². The summed E-state index contributed by atoms with van der Waals surface area (Å²) in [6, 6.07) is 6.46. The molecule has 134 valence electrons. The second-order valence-corrected chi connectivity index (χ2v) is 6.26. The van der Waals surface area contributed by atoms with Crippen LogP contribution in [0, 0.1) is 10.1 Å². The zero-order valence-electron chi connectivity index (χ0n) is 13.4. The predicted molar refractivity (Wildman–Crippen MR) is 110 cm³/mol. The van der Waals surface area contributed by atoms with E-state index in [1.54, 1.807) is 23.6 Å². The summed E-state index contributed by atoms with van der Waals surface area (Å²) in [4.78, 5) is 23.3. The van der Waals surface area contributed by atoms with Gasteiger partial charge in [-0.3, -0.25) is 10.1 Å². The number of nitro benzene ring substituents is 1. The highest BCUT2D eigenvalue weighted by molar-refractivity contribution is 14.0. The minimum atomic E-state index is -0.408. The molecule has 1 aliphatic rings. The third-order valence-corrected chi connectivity index (χ3v) is 4.67. The fraction of sp³-hybridized carbons (Fsp3) is 0.333. The Bertz CT molecular complexity index is 731. The fourth-order valence-electron chi connectivity index (χ4n) is 2.54. The van der Waals surface area contributed by atoms with Gasteiger partial charge in [-0.05, 0) is 5.56 Å². The fourth-order valence-corrected chi connectivity index (χ4v) is 3.24. The van der Waals surface area contributed by atoms with Gasteiger partial charge in [0.15, 0.2) is 11.1 Å². The van der Waals surface area contributed by atoms with Gasteiger partial charge in [0, 0.05) is 49.9 Å². The third-order valence-electron chi connectivity index (χ3n) is 3.84. The molecule has 1 aliphatic heterocycles. The van der Waals surface area contributed by atoms with Crippen molar-refractivity contribution in [1.82, 2.24) is 9.88 Å². The number of anilines is 1. The highest BCUT2D eigenvalue weighted by Gasteiger charge is 2.19. The van der Waals surface area contributed by atoms with Crippen LogP contribution in [0.2, 0.25) is 0 Å². The molecule has 0 bridgehead atoms. The van der Waals surface area contributed by atoms with Crippen LogP contribution in [-0.2, 0) is 6.54 Å². The molecule has 0 radical (unpaired) electrons. The molecule has 1 aromatic heterocycles. The van der Waals surface area contributed by atoms with Crippen molar-refractivity contribution < 1.29 is 4.92 Å². The van der Waals surface area contributed by atoms with Crippen molar-refractivity contribution in [3.8, 4) is 0 Å². The Morgan fingerprint density at radius 2 is 2.12 bits per heavy atom. The number of non-ortho nitro benzene ring substituents is 1. The van der Waals surface area contributed by atoms with Crippen molar-refractivity contribution in [2.75, 3.05) is 31.1 Å². The van der Waals surface area contributed by atoms with Crippen molar-refractivity contribution in [1.29, 1.82) is 0 Å². The lowest BCUT2D eigenvalue weighted by atomic mass is 10.2. The van der Waals surface area contributed by atoms with Crippen LogP contribution in [0.15, 0.2) is 40.8 Å². The number of hydrogen-bond donors (Lipinski definition) is 1. The van der Waals surface area contributed by atoms with E-state index in [2.05, 4.69) is 14.9 Å². The molecule has 8 nitrogen and oxygen atoms in total. The lowest BCUT2D eigenvalue weighted by Crippen LogP contribution is -2.51. The maximum atomic E-state index is 10.8. The van der Waals surface area contributed by atoms with Crippen molar-refractivity contribution in [2.24, 2.45) is 10.7 Å². The average molecular weight is 474 g/mol. The Kier molecular flexibility index (Phi) is 6.93. The predicted octanol–water partition coefficient (Wildman–Crippen LogP) is 2.31. The summed E-state index contributed by atoms with van der Waals surface area (Å²) in [6.07, 6.45) is 1.81. The number of aliphatic imine (C=N–C) groups is 1. The number of aromatic nitrogens is 1. The number of thiazole rings is 1. The summed E-state index contributed by atoms with van der Waals surface area (Å²) in [6.45, 7) is 3.59. The Morgan fingerprint density at radius 3 is 2.76 bits per heavy atom. The molecule has 3 rings (SSSR count). The monoisotopic (exact) mass is 474 g/mol. The van der Waals surface area contributed by atoms with Crippen LogP contribution >= 0.6 is 35.3 Å². The van der Waals surface area contributed by atoms with E-state index in [9.17, 15) is 10.1 Å². The number of piperazine rings is 1. The van der Waals surface area contributed by atoms with Crippen LogP contribution < -0.4 is 10.6 Å². The maximum Gasteiger partial charge on any atom is 0.269 e. The molecule has 25 heavy (non-hydrogen) atoms. The molecule has 1 saturated heterocycles. The van der Waals surface area contributed by atoms with E-state index >= 15 is 0 Å². The van der Waals surface area contributed by atoms with Gasteiger partial charge in [0.25, 0.3) is 5.69 Å². The van der Waals surface area contributed by atoms with E-state index in [-0.39, 0.29) is 29.7 Å². The van der Waals surface area contributed by atoms with Gasteiger partial charge in [-0.25, -0.2) is 9.98 Å². The normalized spacial score (nSPS) is 15.0. The van der Waals surface area contributed by atoms with Gasteiger partial charge in [0.1, 0.15) is 0 Å². The first kappa shape index (κ1) is 19.4. The average Bonchev–Trinajstić information content (AvgIpc) is 3.14. The van der Waals surface area contributed by atoms with E-state index in [4.69, 9.17) is 5.73 Å². The first-order chi connectivity index (χ1) is 11.6. The van der Waals surface area contributed by atoms with Gasteiger partial charge in [-0.2, -0.15) is 0 Å². The van der Waals surface area contributed by atoms with Gasteiger partial charge < -0.3 is 15.5 Å². The summed E-state index contributed by atoms with van der Waals surface area (Å²) in [5.74, 6) is 0.472. The summed E-state index contributed by atoms with van der Waals surface area (Å²) in [5.41, 5.74) is 6.91. The number of rotatable bonds is 4. The Hall–Kier alpha value is -1.95. The van der Waals surface area contributed by atoms with Crippen molar-refractivity contribution in [2.45, 2.75) is 6.54 Å². The smallest absolute Gasteiger partial charge is 0.269 e. The van der Waals surface area contributed by atoms with Crippen LogP contribution in [0.1, 0.15) is 5.56 Å². The van der Waals surface area contributed by atoms with Gasteiger partial charge in [0.05, 0.1) is 11.5 Å². The second kappa shape index (κ2) is 8.94. The molecule has 0 spiro atoms. The quantitative estimate of drug-likeness (QED) is 0.240. The van der Waals surface area contributed by atoms with Crippen LogP contribution in [0.25, 0.3) is 0 Å². The molecular weight excluding hydrogens is 455 g/mol. The summed E-state index contributed by atoms with van der Waals surface area (Å²) in [5, 5.41) is 13.8. The summed E-state index contributed by atoms with van der Waals surface area (Å²) >= 11 is 1.63. The zero-order chi connectivity index (χ0) is 16.9. The molecule has 0 atom stereocenters. The Balaban J connectivity index is 0.00000225. The Morgan fingerprint density at radius 1 is 1.36 bits per heavy atom. The molecule has 0 aliphatic carbocycles. The summed E-state index contributed by atoms with van der Waals surface area (Å²) < 4.78 is 0. The molecule has 2 aromatic rings. The van der Waals surface area contributed by atoms with Crippen molar-refractivity contribution >= 4 is 52.1 Å². The number of halogens is 1. The summed E-state index contributed by atoms with van der Waals surface area (Å²) in [7, 11) is 0. The molecule has 0 saturated carbocycles. The zero-order valence-corrected chi connectivity index (χ0v) is 16.6. The minimum Gasteiger partial charge on any atom is -0.370 e. The molecule has 2 N–H and O–H groups in total. The molecular formula is C15H19IN6O2S. The number of guanidine groups is 1. The van der Waals surface area contributed by atoms with Gasteiger partial charge in [-0.15, -0.1) is 35.3 Å². The van der Waals surface area contributed by atoms with Crippen LogP contribution in [-0.4, -0.2) is 46.9 Å². The molecule has 1 fully saturated rings. The van der Waals surface area contributed by atoms with E-state index < -0.39 is 4.92 Å². The largest absolute Gasteiger partial charge is 0.370 e. The van der Waals surface area contributed by atoms with E-state index in [0.29, 0.717) is 12.5 Å². The number of nitrogens with zero attached hydrogens (tertiary/aromatic N) is 5. The third kappa shape index (κ3) is 5.01. The molecule has 10 heteroatoms. The topological polar surface area (TPSA) is 101 Å². The lowest BCUT2D eigenvalue weighted by molar-refractivity contribution is -0.384. The minimum absolute atomic E-state index is 0.